The highest BCUT2D eigenvalue weighted by Gasteiger charge is 2.07. The molecule has 0 aliphatic carbocycles. The third-order valence-corrected chi connectivity index (χ3v) is 1.04. The van der Waals surface area contributed by atoms with Gasteiger partial charge >= 0.3 is 0 Å². The van der Waals surface area contributed by atoms with Crippen LogP contribution in [-0.2, 0) is 9.47 Å². The van der Waals surface area contributed by atoms with E-state index in [4.69, 9.17) is 15.2 Å². The molecule has 1 unspecified atom stereocenters. The van der Waals surface area contributed by atoms with Crippen molar-refractivity contribution in [2.45, 2.75) is 12.6 Å². The summed E-state index contributed by atoms with van der Waals surface area (Å²) < 4.78 is 9.71. The molecule has 0 spiro atoms. The van der Waals surface area contributed by atoms with E-state index < -0.39 is 0 Å². The van der Waals surface area contributed by atoms with Crippen LogP contribution in [0.15, 0.2) is 4.99 Å². The minimum atomic E-state index is -0.0799. The lowest BCUT2D eigenvalue weighted by Crippen LogP contribution is -2.21. The molecule has 1 heterocycles. The number of nitrogens with zero attached hydrogens (tertiary/aromatic N) is 1. The number of hydrogen-bond donors (Lipinski definition) is 1. The summed E-state index contributed by atoms with van der Waals surface area (Å²) in [5.74, 6) is 0. The zero-order valence-electron chi connectivity index (χ0n) is 5.12. The highest BCUT2D eigenvalue weighted by atomic mass is 16.7. The summed E-state index contributed by atoms with van der Waals surface area (Å²) in [4.78, 5) is 3.87. The van der Waals surface area contributed by atoms with Crippen LogP contribution < -0.4 is 5.73 Å². The second-order valence-electron chi connectivity index (χ2n) is 1.74. The average molecular weight is 130 g/mol. The lowest BCUT2D eigenvalue weighted by molar-refractivity contribution is -0.0551. The van der Waals surface area contributed by atoms with E-state index in [1.165, 1.54) is 6.40 Å². The molecule has 0 aromatic rings. The van der Waals surface area contributed by atoms with Gasteiger partial charge in [-0.05, 0) is 6.54 Å². The van der Waals surface area contributed by atoms with Crippen LogP contribution in [0.25, 0.3) is 0 Å². The summed E-state index contributed by atoms with van der Waals surface area (Å²) in [6.45, 7) is 0.899. The molecule has 1 atom stereocenters. The van der Waals surface area contributed by atoms with E-state index in [0.29, 0.717) is 13.3 Å². The standard InChI is InChI=1S/C5H10N2O2/c6-2-1-5-7-3-8-4-9-5/h3,5H,1-2,4,6H2. The van der Waals surface area contributed by atoms with Crippen molar-refractivity contribution < 1.29 is 9.47 Å². The van der Waals surface area contributed by atoms with Crippen LogP contribution in [0.5, 0.6) is 0 Å². The van der Waals surface area contributed by atoms with E-state index >= 15 is 0 Å². The topological polar surface area (TPSA) is 56.8 Å². The Labute approximate surface area is 53.7 Å². The third-order valence-electron chi connectivity index (χ3n) is 1.04. The van der Waals surface area contributed by atoms with Crippen LogP contribution >= 0.6 is 0 Å². The monoisotopic (exact) mass is 130 g/mol. The average Bonchev–Trinajstić information content (AvgIpc) is 1.91. The summed E-state index contributed by atoms with van der Waals surface area (Å²) in [6, 6.07) is 0. The number of rotatable bonds is 2. The molecule has 1 rings (SSSR count). The molecule has 1 aliphatic rings. The Hall–Kier alpha value is -0.610. The molecule has 0 amide bonds. The van der Waals surface area contributed by atoms with E-state index in [9.17, 15) is 0 Å². The van der Waals surface area contributed by atoms with Crippen molar-refractivity contribution in [3.63, 3.8) is 0 Å². The molecular formula is C5H10N2O2. The van der Waals surface area contributed by atoms with Gasteiger partial charge in [-0.25, -0.2) is 4.99 Å². The molecule has 1 aliphatic heterocycles. The van der Waals surface area contributed by atoms with E-state index in [1.54, 1.807) is 0 Å². The van der Waals surface area contributed by atoms with Crippen molar-refractivity contribution in [1.29, 1.82) is 0 Å². The molecule has 0 bridgehead atoms. The zero-order valence-corrected chi connectivity index (χ0v) is 5.12. The van der Waals surface area contributed by atoms with E-state index in [-0.39, 0.29) is 6.23 Å². The molecule has 0 radical (unpaired) electrons. The smallest absolute Gasteiger partial charge is 0.192 e. The second kappa shape index (κ2) is 3.42. The first kappa shape index (κ1) is 6.51. The summed E-state index contributed by atoms with van der Waals surface area (Å²) in [5, 5.41) is 0. The normalized spacial score (nSPS) is 25.7. The number of hydrogen-bond acceptors (Lipinski definition) is 4. The Kier molecular flexibility index (Phi) is 2.48. The molecule has 0 aromatic heterocycles. The van der Waals surface area contributed by atoms with E-state index in [2.05, 4.69) is 4.99 Å². The number of nitrogens with two attached hydrogens (primary N) is 1. The van der Waals surface area contributed by atoms with Crippen molar-refractivity contribution in [3.05, 3.63) is 0 Å². The predicted molar refractivity (Wildman–Crippen MR) is 33.0 cm³/mol. The Bertz CT molecular complexity index is 105. The van der Waals surface area contributed by atoms with Gasteiger partial charge in [-0.1, -0.05) is 0 Å². The predicted octanol–water partition coefficient (Wildman–Crippen LogP) is -0.306. The van der Waals surface area contributed by atoms with Gasteiger partial charge in [0, 0.05) is 6.42 Å². The van der Waals surface area contributed by atoms with Crippen LogP contribution in [0.1, 0.15) is 6.42 Å². The van der Waals surface area contributed by atoms with Crippen LogP contribution in [0, 0.1) is 0 Å². The minimum Gasteiger partial charge on any atom is -0.457 e. The summed E-state index contributed by atoms with van der Waals surface area (Å²) >= 11 is 0. The Morgan fingerprint density at radius 3 is 3.22 bits per heavy atom. The third kappa shape index (κ3) is 1.99. The van der Waals surface area contributed by atoms with Crippen LogP contribution in [0.2, 0.25) is 0 Å². The van der Waals surface area contributed by atoms with E-state index in [1.807, 2.05) is 0 Å². The fraction of sp³-hybridized carbons (Fsp3) is 0.800. The van der Waals surface area contributed by atoms with Gasteiger partial charge in [-0.3, -0.25) is 0 Å². The molecule has 4 nitrogen and oxygen atoms in total. The largest absolute Gasteiger partial charge is 0.457 e. The van der Waals surface area contributed by atoms with Gasteiger partial charge in [0.2, 0.25) is 0 Å². The maximum Gasteiger partial charge on any atom is 0.192 e. The van der Waals surface area contributed by atoms with Gasteiger partial charge in [0.25, 0.3) is 0 Å². The molecule has 9 heavy (non-hydrogen) atoms. The van der Waals surface area contributed by atoms with Crippen LogP contribution in [-0.4, -0.2) is 26.0 Å². The van der Waals surface area contributed by atoms with Gasteiger partial charge in [0.05, 0.1) is 0 Å². The first-order valence-corrected chi connectivity index (χ1v) is 2.88. The van der Waals surface area contributed by atoms with Gasteiger partial charge in [-0.2, -0.15) is 0 Å². The van der Waals surface area contributed by atoms with Gasteiger partial charge in [-0.15, -0.1) is 0 Å². The summed E-state index contributed by atoms with van der Waals surface area (Å²) in [6.07, 6.45) is 2.09. The maximum absolute atomic E-state index is 5.26. The van der Waals surface area contributed by atoms with Gasteiger partial charge < -0.3 is 15.2 Å². The molecule has 0 fully saturated rings. The van der Waals surface area contributed by atoms with Crippen molar-refractivity contribution in [3.8, 4) is 0 Å². The molecule has 0 saturated heterocycles. The molecule has 0 aromatic carbocycles. The molecule has 2 N–H and O–H groups in total. The first-order chi connectivity index (χ1) is 4.43. The van der Waals surface area contributed by atoms with Crippen LogP contribution in [0.4, 0.5) is 0 Å². The minimum absolute atomic E-state index is 0.0799. The van der Waals surface area contributed by atoms with Gasteiger partial charge in [0.1, 0.15) is 0 Å². The van der Waals surface area contributed by atoms with E-state index in [0.717, 1.165) is 6.42 Å². The van der Waals surface area contributed by atoms with Gasteiger partial charge in [0.15, 0.2) is 19.4 Å². The van der Waals surface area contributed by atoms with Crippen molar-refractivity contribution >= 4 is 6.40 Å². The fourth-order valence-electron chi connectivity index (χ4n) is 0.603. The fourth-order valence-corrected chi connectivity index (χ4v) is 0.603. The summed E-state index contributed by atoms with van der Waals surface area (Å²) in [7, 11) is 0. The lowest BCUT2D eigenvalue weighted by Gasteiger charge is -2.15. The second-order valence-corrected chi connectivity index (χ2v) is 1.74. The van der Waals surface area contributed by atoms with Crippen molar-refractivity contribution in [2.24, 2.45) is 10.7 Å². The number of aliphatic imine (C=N–C) groups is 1. The maximum atomic E-state index is 5.26. The molecular weight excluding hydrogens is 120 g/mol. The molecule has 0 saturated carbocycles. The quantitative estimate of drug-likeness (QED) is 0.558. The molecule has 52 valence electrons. The highest BCUT2D eigenvalue weighted by molar-refractivity contribution is 5.46. The summed E-state index contributed by atoms with van der Waals surface area (Å²) in [5.41, 5.74) is 5.26. The SMILES string of the molecule is NCCC1N=COCO1. The first-order valence-electron chi connectivity index (χ1n) is 2.88. The van der Waals surface area contributed by atoms with Crippen molar-refractivity contribution in [1.82, 2.24) is 0 Å². The Morgan fingerprint density at radius 1 is 1.78 bits per heavy atom. The number of ether oxygens (including phenoxy) is 2. The lowest BCUT2D eigenvalue weighted by atomic mass is 10.4. The van der Waals surface area contributed by atoms with Crippen LogP contribution in [0.3, 0.4) is 0 Å². The molecule has 4 heteroatoms. The van der Waals surface area contributed by atoms with Crippen molar-refractivity contribution in [2.75, 3.05) is 13.3 Å². The Balaban J connectivity index is 2.23. The zero-order chi connectivity index (χ0) is 6.53. The highest BCUT2D eigenvalue weighted by Crippen LogP contribution is 2.01. The Morgan fingerprint density at radius 2 is 2.67 bits per heavy atom.